The summed E-state index contributed by atoms with van der Waals surface area (Å²) in [6.07, 6.45) is 1.38. The Morgan fingerprint density at radius 1 is 0.769 bits per heavy atom. The summed E-state index contributed by atoms with van der Waals surface area (Å²) in [4.78, 5) is 31.6. The van der Waals surface area contributed by atoms with Crippen molar-refractivity contribution in [3.05, 3.63) is 66.7 Å². The van der Waals surface area contributed by atoms with Crippen molar-refractivity contribution in [2.75, 3.05) is 44.2 Å². The summed E-state index contributed by atoms with van der Waals surface area (Å²) in [6.45, 7) is 11.8. The smallest absolute Gasteiger partial charge is 0.242 e. The van der Waals surface area contributed by atoms with E-state index >= 15 is 0 Å². The number of carbonyl (C=O) groups excluding carboxylic acids is 2. The Kier molecular flexibility index (Phi) is 9.69. The lowest BCUT2D eigenvalue weighted by Gasteiger charge is -2.36. The van der Waals surface area contributed by atoms with E-state index in [9.17, 15) is 9.59 Å². The number of piperazine rings is 1. The number of nitrogens with zero attached hydrogens (tertiary/aromatic N) is 5. The summed E-state index contributed by atoms with van der Waals surface area (Å²) in [5.41, 5.74) is 4.22. The highest BCUT2D eigenvalue weighted by molar-refractivity contribution is 5.85. The first kappa shape index (κ1) is 28.3. The second kappa shape index (κ2) is 13.4. The summed E-state index contributed by atoms with van der Waals surface area (Å²) in [5, 5.41) is 8.97. The third kappa shape index (κ3) is 7.88. The fraction of sp³-hybridized carbons (Fsp3) is 0.438. The lowest BCUT2D eigenvalue weighted by atomic mass is 10.0. The van der Waals surface area contributed by atoms with E-state index in [0.717, 1.165) is 23.5 Å². The molecule has 0 radical (unpaired) electrons. The molecule has 0 aliphatic carbocycles. The van der Waals surface area contributed by atoms with Crippen molar-refractivity contribution in [1.82, 2.24) is 20.0 Å². The Labute approximate surface area is 232 Å². The average molecular weight is 528 g/mol. The molecule has 1 saturated heterocycles. The lowest BCUT2D eigenvalue weighted by molar-refractivity contribution is -0.141. The van der Waals surface area contributed by atoms with E-state index in [1.807, 2.05) is 49.1 Å². The van der Waals surface area contributed by atoms with Gasteiger partial charge in [0.05, 0.1) is 12.2 Å². The van der Waals surface area contributed by atoms with Gasteiger partial charge in [0.1, 0.15) is 0 Å². The molecule has 3 aromatic rings. The molecule has 0 unspecified atom stereocenters. The van der Waals surface area contributed by atoms with E-state index in [4.69, 9.17) is 0 Å². The molecule has 2 heterocycles. The minimum Gasteiger partial charge on any atom is -0.352 e. The van der Waals surface area contributed by atoms with Crippen LogP contribution in [0, 0.1) is 11.8 Å². The summed E-state index contributed by atoms with van der Waals surface area (Å²) in [6, 6.07) is 22.7. The third-order valence-electron chi connectivity index (χ3n) is 7.13. The summed E-state index contributed by atoms with van der Waals surface area (Å²) in [5.74, 6) is 1.68. The molecule has 2 amide bonds. The molecule has 1 fully saturated rings. The molecule has 0 saturated carbocycles. The van der Waals surface area contributed by atoms with E-state index in [-0.39, 0.29) is 24.3 Å². The maximum absolute atomic E-state index is 13.1. The van der Waals surface area contributed by atoms with Crippen molar-refractivity contribution < 1.29 is 9.59 Å². The van der Waals surface area contributed by atoms with Crippen LogP contribution in [0.5, 0.6) is 0 Å². The van der Waals surface area contributed by atoms with Crippen LogP contribution < -0.4 is 4.90 Å². The van der Waals surface area contributed by atoms with Crippen LogP contribution in [0.2, 0.25) is 0 Å². The second-order valence-corrected chi connectivity index (χ2v) is 11.2. The van der Waals surface area contributed by atoms with Gasteiger partial charge < -0.3 is 14.7 Å². The first-order valence-electron chi connectivity index (χ1n) is 14.1. The molecule has 7 heteroatoms. The van der Waals surface area contributed by atoms with Crippen molar-refractivity contribution in [2.24, 2.45) is 11.8 Å². The predicted octanol–water partition coefficient (Wildman–Crippen LogP) is 5.38. The van der Waals surface area contributed by atoms with E-state index in [1.165, 1.54) is 11.1 Å². The van der Waals surface area contributed by atoms with Crippen LogP contribution in [0.25, 0.3) is 22.4 Å². The minimum absolute atomic E-state index is 0.0240. The fourth-order valence-electron chi connectivity index (χ4n) is 4.74. The molecule has 1 aromatic heterocycles. The lowest BCUT2D eigenvalue weighted by Crippen LogP contribution is -2.52. The average Bonchev–Trinajstić information content (AvgIpc) is 2.95. The molecule has 0 atom stereocenters. The molecule has 7 nitrogen and oxygen atoms in total. The van der Waals surface area contributed by atoms with Gasteiger partial charge in [-0.1, -0.05) is 82.3 Å². The number of carbonyl (C=O) groups is 2. The summed E-state index contributed by atoms with van der Waals surface area (Å²) >= 11 is 0. The number of anilines is 1. The Hall–Kier alpha value is -3.74. The van der Waals surface area contributed by atoms with Gasteiger partial charge in [-0.15, -0.1) is 10.2 Å². The molecule has 206 valence electrons. The quantitative estimate of drug-likeness (QED) is 0.354. The Morgan fingerprint density at radius 3 is 2.00 bits per heavy atom. The van der Waals surface area contributed by atoms with Gasteiger partial charge in [-0.25, -0.2) is 0 Å². The normalized spacial score (nSPS) is 13.7. The Morgan fingerprint density at radius 2 is 1.41 bits per heavy atom. The second-order valence-electron chi connectivity index (χ2n) is 11.2. The van der Waals surface area contributed by atoms with E-state index < -0.39 is 0 Å². The zero-order chi connectivity index (χ0) is 27.8. The van der Waals surface area contributed by atoms with Gasteiger partial charge in [-0.05, 0) is 41.5 Å². The maximum atomic E-state index is 13.1. The van der Waals surface area contributed by atoms with Crippen molar-refractivity contribution in [2.45, 2.75) is 40.5 Å². The largest absolute Gasteiger partial charge is 0.352 e. The maximum Gasteiger partial charge on any atom is 0.242 e. The molecule has 0 spiro atoms. The monoisotopic (exact) mass is 527 g/mol. The van der Waals surface area contributed by atoms with Gasteiger partial charge in [-0.3, -0.25) is 9.59 Å². The Bertz CT molecular complexity index is 1200. The number of amides is 2. The minimum atomic E-state index is 0.0240. The van der Waals surface area contributed by atoms with Gasteiger partial charge in [0, 0.05) is 44.7 Å². The van der Waals surface area contributed by atoms with E-state index in [2.05, 4.69) is 65.3 Å². The number of hydrogen-bond acceptors (Lipinski definition) is 5. The van der Waals surface area contributed by atoms with Gasteiger partial charge in [-0.2, -0.15) is 0 Å². The SMILES string of the molecule is CC(C)CCN(CC(=O)N1CCN(c2ccc(-c3ccc(-c4ccccc4)cc3)nn2)CC1)C(=O)CC(C)C. The molecule has 0 bridgehead atoms. The van der Waals surface area contributed by atoms with Gasteiger partial charge in [0.15, 0.2) is 5.82 Å². The van der Waals surface area contributed by atoms with Crippen LogP contribution in [0.15, 0.2) is 66.7 Å². The van der Waals surface area contributed by atoms with E-state index in [1.54, 1.807) is 4.90 Å². The molecule has 39 heavy (non-hydrogen) atoms. The highest BCUT2D eigenvalue weighted by Crippen LogP contribution is 2.24. The van der Waals surface area contributed by atoms with Crippen molar-refractivity contribution in [3.8, 4) is 22.4 Å². The predicted molar refractivity (Wildman–Crippen MR) is 157 cm³/mol. The standard InChI is InChI=1S/C32H41N5O2/c1-24(2)16-17-37(31(38)22-25(3)4)23-32(39)36-20-18-35(19-21-36)30-15-14-29(33-34-30)28-12-10-27(11-13-28)26-8-6-5-7-9-26/h5-15,24-25H,16-23H2,1-4H3. The van der Waals surface area contributed by atoms with Gasteiger partial charge >= 0.3 is 0 Å². The molecular formula is C32H41N5O2. The molecule has 0 N–H and O–H groups in total. The zero-order valence-electron chi connectivity index (χ0n) is 23.7. The van der Waals surface area contributed by atoms with Gasteiger partial charge in [0.25, 0.3) is 0 Å². The van der Waals surface area contributed by atoms with Crippen LogP contribution in [-0.4, -0.2) is 71.1 Å². The number of aromatic nitrogens is 2. The molecule has 1 aliphatic rings. The van der Waals surface area contributed by atoms with Crippen LogP contribution >= 0.6 is 0 Å². The van der Waals surface area contributed by atoms with Crippen LogP contribution in [0.3, 0.4) is 0 Å². The molecule has 1 aliphatic heterocycles. The first-order chi connectivity index (χ1) is 18.8. The molecule has 4 rings (SSSR count). The first-order valence-corrected chi connectivity index (χ1v) is 14.1. The van der Waals surface area contributed by atoms with E-state index in [0.29, 0.717) is 45.1 Å². The number of benzene rings is 2. The van der Waals surface area contributed by atoms with Crippen molar-refractivity contribution in [1.29, 1.82) is 0 Å². The van der Waals surface area contributed by atoms with Crippen molar-refractivity contribution in [3.63, 3.8) is 0 Å². The molecular weight excluding hydrogens is 486 g/mol. The zero-order valence-corrected chi connectivity index (χ0v) is 23.7. The van der Waals surface area contributed by atoms with Gasteiger partial charge in [0.2, 0.25) is 11.8 Å². The number of rotatable bonds is 10. The van der Waals surface area contributed by atoms with Crippen LogP contribution in [0.4, 0.5) is 5.82 Å². The molecule has 2 aromatic carbocycles. The summed E-state index contributed by atoms with van der Waals surface area (Å²) < 4.78 is 0. The fourth-order valence-corrected chi connectivity index (χ4v) is 4.74. The van der Waals surface area contributed by atoms with Crippen molar-refractivity contribution >= 4 is 17.6 Å². The van der Waals surface area contributed by atoms with Crippen LogP contribution in [-0.2, 0) is 9.59 Å². The summed E-state index contributed by atoms with van der Waals surface area (Å²) in [7, 11) is 0. The highest BCUT2D eigenvalue weighted by Gasteiger charge is 2.25. The topological polar surface area (TPSA) is 69.6 Å². The highest BCUT2D eigenvalue weighted by atomic mass is 16.2. The third-order valence-corrected chi connectivity index (χ3v) is 7.13. The number of hydrogen-bond donors (Lipinski definition) is 0. The Balaban J connectivity index is 1.31. The van der Waals surface area contributed by atoms with Crippen LogP contribution in [0.1, 0.15) is 40.5 Å².